The topological polar surface area (TPSA) is 77.3 Å². The molecule has 0 bridgehead atoms. The van der Waals surface area contributed by atoms with Crippen LogP contribution in [0, 0.1) is 10.1 Å². The smallest absolute Gasteiger partial charge is 0.258 e. The van der Waals surface area contributed by atoms with E-state index in [1.165, 1.54) is 24.3 Å². The third-order valence-corrected chi connectivity index (χ3v) is 3.78. The van der Waals surface area contributed by atoms with E-state index in [9.17, 15) is 18.5 Å². The van der Waals surface area contributed by atoms with E-state index in [2.05, 4.69) is 0 Å². The zero-order valence-electron chi connectivity index (χ0n) is 8.74. The summed E-state index contributed by atoms with van der Waals surface area (Å²) in [6.07, 6.45) is 2.98. The second kappa shape index (κ2) is 5.79. The molecule has 0 aromatic heterocycles. The molecular weight excluding hydrogens is 266 g/mol. The zero-order chi connectivity index (χ0) is 12.9. The Hall–Kier alpha value is -1.40. The standard InChI is InChI=1S/C10H10ClNO4S/c11-7-1-2-8-17(15,16)10-5-3-9(4-6-10)12(13)14/h1-6H,7-8H2. The normalized spacial score (nSPS) is 11.8. The highest BCUT2D eigenvalue weighted by molar-refractivity contribution is 7.91. The van der Waals surface area contributed by atoms with Crippen LogP contribution in [-0.4, -0.2) is 25.0 Å². The average molecular weight is 276 g/mol. The van der Waals surface area contributed by atoms with Crippen LogP contribution in [0.4, 0.5) is 5.69 Å². The summed E-state index contributed by atoms with van der Waals surface area (Å²) in [5.74, 6) is 0.0767. The summed E-state index contributed by atoms with van der Waals surface area (Å²) in [4.78, 5) is 9.88. The van der Waals surface area contributed by atoms with Crippen LogP contribution in [0.15, 0.2) is 41.3 Å². The first-order valence-electron chi connectivity index (χ1n) is 4.65. The van der Waals surface area contributed by atoms with Crippen LogP contribution in [-0.2, 0) is 9.84 Å². The third kappa shape index (κ3) is 3.83. The Bertz CT molecular complexity index is 522. The van der Waals surface area contributed by atoms with E-state index >= 15 is 0 Å². The lowest BCUT2D eigenvalue weighted by molar-refractivity contribution is -0.384. The van der Waals surface area contributed by atoms with Crippen LogP contribution in [0.1, 0.15) is 0 Å². The van der Waals surface area contributed by atoms with Gasteiger partial charge in [0.2, 0.25) is 0 Å². The predicted octanol–water partition coefficient (Wildman–Crippen LogP) is 2.16. The molecule has 7 heteroatoms. The van der Waals surface area contributed by atoms with E-state index in [1.807, 2.05) is 0 Å². The fourth-order valence-corrected chi connectivity index (χ4v) is 2.39. The fraction of sp³-hybridized carbons (Fsp3) is 0.200. The van der Waals surface area contributed by atoms with E-state index < -0.39 is 14.8 Å². The van der Waals surface area contributed by atoms with Crippen molar-refractivity contribution in [2.75, 3.05) is 11.6 Å². The van der Waals surface area contributed by atoms with Crippen molar-refractivity contribution in [1.82, 2.24) is 0 Å². The number of non-ortho nitro benzene ring substituents is 1. The minimum Gasteiger partial charge on any atom is -0.258 e. The molecule has 92 valence electrons. The largest absolute Gasteiger partial charge is 0.269 e. The van der Waals surface area contributed by atoms with Gasteiger partial charge in [-0.2, -0.15) is 0 Å². The maximum absolute atomic E-state index is 11.7. The number of rotatable bonds is 5. The molecule has 1 rings (SSSR count). The molecule has 1 aromatic carbocycles. The lowest BCUT2D eigenvalue weighted by atomic mass is 10.3. The van der Waals surface area contributed by atoms with E-state index in [1.54, 1.807) is 0 Å². The maximum atomic E-state index is 11.7. The van der Waals surface area contributed by atoms with Gasteiger partial charge in [0, 0.05) is 18.0 Å². The Labute approximate surface area is 104 Å². The number of alkyl halides is 1. The molecular formula is C10H10ClNO4S. The number of nitro benzene ring substituents is 1. The van der Waals surface area contributed by atoms with Gasteiger partial charge in [0.05, 0.1) is 15.6 Å². The first kappa shape index (κ1) is 13.7. The first-order chi connectivity index (χ1) is 7.97. The first-order valence-corrected chi connectivity index (χ1v) is 6.84. The molecule has 1 aromatic rings. The number of hydrogen-bond acceptors (Lipinski definition) is 4. The molecule has 0 saturated carbocycles. The number of hydrogen-bond donors (Lipinski definition) is 0. The number of allylic oxidation sites excluding steroid dienone is 1. The molecule has 0 fully saturated rings. The Kier molecular flexibility index (Phi) is 4.65. The van der Waals surface area contributed by atoms with Gasteiger partial charge in [0.1, 0.15) is 0 Å². The van der Waals surface area contributed by atoms with Crippen LogP contribution in [0.25, 0.3) is 0 Å². The molecule has 0 atom stereocenters. The summed E-state index contributed by atoms with van der Waals surface area (Å²) in [7, 11) is -3.44. The van der Waals surface area contributed by atoms with Crippen molar-refractivity contribution in [3.8, 4) is 0 Å². The van der Waals surface area contributed by atoms with Gasteiger partial charge in [-0.15, -0.1) is 11.6 Å². The molecule has 0 aliphatic rings. The Morgan fingerprint density at radius 2 is 1.82 bits per heavy atom. The SMILES string of the molecule is O=[N+]([O-])c1ccc(S(=O)(=O)CC=CCCl)cc1. The Morgan fingerprint density at radius 3 is 2.29 bits per heavy atom. The number of sulfone groups is 1. The van der Waals surface area contributed by atoms with Crippen molar-refractivity contribution in [3.05, 3.63) is 46.5 Å². The highest BCUT2D eigenvalue weighted by Gasteiger charge is 2.14. The fourth-order valence-electron chi connectivity index (χ4n) is 1.13. The van der Waals surface area contributed by atoms with E-state index in [-0.39, 0.29) is 22.2 Å². The lowest BCUT2D eigenvalue weighted by Crippen LogP contribution is -2.04. The zero-order valence-corrected chi connectivity index (χ0v) is 10.3. The summed E-state index contributed by atoms with van der Waals surface area (Å²) < 4.78 is 23.4. The second-order valence-electron chi connectivity index (χ2n) is 3.16. The minimum atomic E-state index is -3.44. The summed E-state index contributed by atoms with van der Waals surface area (Å²) in [5.41, 5.74) is -0.139. The van der Waals surface area contributed by atoms with Crippen molar-refractivity contribution >= 4 is 27.1 Å². The van der Waals surface area contributed by atoms with Crippen LogP contribution in [0.5, 0.6) is 0 Å². The van der Waals surface area contributed by atoms with E-state index in [0.717, 1.165) is 12.1 Å². The number of benzene rings is 1. The van der Waals surface area contributed by atoms with Gasteiger partial charge in [-0.05, 0) is 12.1 Å². The van der Waals surface area contributed by atoms with Crippen LogP contribution in [0.3, 0.4) is 0 Å². The van der Waals surface area contributed by atoms with Gasteiger partial charge >= 0.3 is 0 Å². The highest BCUT2D eigenvalue weighted by Crippen LogP contribution is 2.16. The van der Waals surface area contributed by atoms with Gasteiger partial charge < -0.3 is 0 Å². The van der Waals surface area contributed by atoms with Gasteiger partial charge in [0.25, 0.3) is 5.69 Å². The predicted molar refractivity (Wildman–Crippen MR) is 65.0 cm³/mol. The monoisotopic (exact) mass is 275 g/mol. The molecule has 5 nitrogen and oxygen atoms in total. The number of nitro groups is 1. The Morgan fingerprint density at radius 1 is 1.24 bits per heavy atom. The van der Waals surface area contributed by atoms with Crippen LogP contribution >= 0.6 is 11.6 Å². The van der Waals surface area contributed by atoms with Crippen molar-refractivity contribution in [2.45, 2.75) is 4.90 Å². The molecule has 0 amide bonds. The number of halogens is 1. The Balaban J connectivity index is 2.92. The quantitative estimate of drug-likeness (QED) is 0.357. The van der Waals surface area contributed by atoms with Crippen molar-refractivity contribution in [2.24, 2.45) is 0 Å². The van der Waals surface area contributed by atoms with Gasteiger partial charge in [-0.25, -0.2) is 8.42 Å². The third-order valence-electron chi connectivity index (χ3n) is 1.98. The molecule has 0 N–H and O–H groups in total. The van der Waals surface area contributed by atoms with Gasteiger partial charge in [0.15, 0.2) is 9.84 Å². The van der Waals surface area contributed by atoms with Crippen molar-refractivity contribution in [1.29, 1.82) is 0 Å². The molecule has 17 heavy (non-hydrogen) atoms. The summed E-state index contributed by atoms with van der Waals surface area (Å²) in [6.45, 7) is 0. The van der Waals surface area contributed by atoms with E-state index in [0.29, 0.717) is 0 Å². The summed E-state index contributed by atoms with van der Waals surface area (Å²) in [5, 5.41) is 10.4. The maximum Gasteiger partial charge on any atom is 0.269 e. The number of nitrogens with zero attached hydrogens (tertiary/aromatic N) is 1. The molecule has 0 spiro atoms. The van der Waals surface area contributed by atoms with E-state index in [4.69, 9.17) is 11.6 Å². The van der Waals surface area contributed by atoms with Crippen molar-refractivity contribution in [3.63, 3.8) is 0 Å². The molecule has 0 unspecified atom stereocenters. The van der Waals surface area contributed by atoms with Crippen LogP contribution < -0.4 is 0 Å². The summed E-state index contributed by atoms with van der Waals surface area (Å²) in [6, 6.07) is 4.78. The van der Waals surface area contributed by atoms with Crippen LogP contribution in [0.2, 0.25) is 0 Å². The second-order valence-corrected chi connectivity index (χ2v) is 5.50. The van der Waals surface area contributed by atoms with Gasteiger partial charge in [-0.1, -0.05) is 12.2 Å². The van der Waals surface area contributed by atoms with Gasteiger partial charge in [-0.3, -0.25) is 10.1 Å². The molecule has 0 aliphatic heterocycles. The molecule has 0 aliphatic carbocycles. The molecule has 0 radical (unpaired) electrons. The average Bonchev–Trinajstić information content (AvgIpc) is 2.29. The van der Waals surface area contributed by atoms with Crippen molar-refractivity contribution < 1.29 is 13.3 Å². The summed E-state index contributed by atoms with van der Waals surface area (Å²) >= 11 is 5.38. The molecule has 0 heterocycles. The highest BCUT2D eigenvalue weighted by atomic mass is 35.5. The minimum absolute atomic E-state index is 0.0577. The molecule has 0 saturated heterocycles. The lowest BCUT2D eigenvalue weighted by Gasteiger charge is -2.00.